The van der Waals surface area contributed by atoms with Crippen LogP contribution in [0, 0.1) is 0 Å². The lowest BCUT2D eigenvalue weighted by Gasteiger charge is -2.32. The molecule has 0 unspecified atom stereocenters. The molecule has 2 aliphatic rings. The van der Waals surface area contributed by atoms with Crippen molar-refractivity contribution < 1.29 is 9.53 Å². The van der Waals surface area contributed by atoms with Gasteiger partial charge in [-0.15, -0.1) is 0 Å². The quantitative estimate of drug-likeness (QED) is 0.931. The fourth-order valence-electron chi connectivity index (χ4n) is 3.54. The molecule has 0 radical (unpaired) electrons. The minimum Gasteiger partial charge on any atom is -0.373 e. The van der Waals surface area contributed by atoms with Crippen molar-refractivity contribution in [3.63, 3.8) is 0 Å². The summed E-state index contributed by atoms with van der Waals surface area (Å²) >= 11 is 0. The number of aromatic nitrogens is 1. The topological polar surface area (TPSA) is 54.5 Å². The second kappa shape index (κ2) is 6.24. The van der Waals surface area contributed by atoms with E-state index in [9.17, 15) is 4.79 Å². The molecular weight excluding hydrogens is 278 g/mol. The highest BCUT2D eigenvalue weighted by Crippen LogP contribution is 2.39. The normalized spacial score (nSPS) is 23.5. The van der Waals surface area contributed by atoms with Gasteiger partial charge < -0.3 is 15.0 Å². The highest BCUT2D eigenvalue weighted by Gasteiger charge is 2.41. The molecule has 120 valence electrons. The summed E-state index contributed by atoms with van der Waals surface area (Å²) in [5, 5.41) is 3.10. The predicted molar refractivity (Wildman–Crippen MR) is 86.2 cm³/mol. The number of pyridine rings is 1. The first kappa shape index (κ1) is 15.3. The summed E-state index contributed by atoms with van der Waals surface area (Å²) in [6.07, 6.45) is 8.66. The highest BCUT2D eigenvalue weighted by atomic mass is 16.5. The largest absolute Gasteiger partial charge is 0.373 e. The summed E-state index contributed by atoms with van der Waals surface area (Å²) < 4.78 is 6.04. The minimum atomic E-state index is -0.0562. The van der Waals surface area contributed by atoms with Crippen LogP contribution in [0.5, 0.6) is 0 Å². The number of carbonyl (C=O) groups is 1. The van der Waals surface area contributed by atoms with Gasteiger partial charge in [-0.3, -0.25) is 4.79 Å². The summed E-state index contributed by atoms with van der Waals surface area (Å²) in [6, 6.07) is 3.81. The predicted octanol–water partition coefficient (Wildman–Crippen LogP) is 2.37. The van der Waals surface area contributed by atoms with Crippen LogP contribution in [0.25, 0.3) is 0 Å². The molecule has 0 aromatic carbocycles. The van der Waals surface area contributed by atoms with Crippen LogP contribution < -0.4 is 10.2 Å². The fourth-order valence-corrected chi connectivity index (χ4v) is 3.54. The first-order valence-corrected chi connectivity index (χ1v) is 8.16. The summed E-state index contributed by atoms with van der Waals surface area (Å²) in [5.74, 6) is 0.793. The van der Waals surface area contributed by atoms with E-state index in [2.05, 4.69) is 10.3 Å². The molecule has 1 saturated carbocycles. The number of rotatable bonds is 3. The zero-order chi connectivity index (χ0) is 15.6. The Balaban J connectivity index is 1.58. The van der Waals surface area contributed by atoms with Gasteiger partial charge in [-0.2, -0.15) is 0 Å². The van der Waals surface area contributed by atoms with Gasteiger partial charge >= 0.3 is 0 Å². The summed E-state index contributed by atoms with van der Waals surface area (Å²) in [7, 11) is 3.86. The van der Waals surface area contributed by atoms with Crippen LogP contribution in [0.4, 0.5) is 5.82 Å². The summed E-state index contributed by atoms with van der Waals surface area (Å²) in [4.78, 5) is 18.5. The van der Waals surface area contributed by atoms with Crippen LogP contribution >= 0.6 is 0 Å². The SMILES string of the molecule is CN(C)c1ccc(C(=O)N[C@@H]2COC3(CCCCC3)C2)cn1. The Morgan fingerprint density at radius 2 is 2.09 bits per heavy atom. The lowest BCUT2D eigenvalue weighted by atomic mass is 9.82. The van der Waals surface area contributed by atoms with E-state index >= 15 is 0 Å². The Hall–Kier alpha value is -1.62. The second-order valence-electron chi connectivity index (χ2n) is 6.73. The third-order valence-corrected chi connectivity index (χ3v) is 4.78. The smallest absolute Gasteiger partial charge is 0.253 e. The summed E-state index contributed by atoms with van der Waals surface area (Å²) in [5.41, 5.74) is 0.638. The molecule has 0 bridgehead atoms. The van der Waals surface area contributed by atoms with Crippen molar-refractivity contribution in [2.75, 3.05) is 25.6 Å². The van der Waals surface area contributed by atoms with Crippen LogP contribution in [0.1, 0.15) is 48.9 Å². The Kier molecular flexibility index (Phi) is 4.34. The van der Waals surface area contributed by atoms with Crippen LogP contribution in [-0.4, -0.2) is 43.2 Å². The first-order chi connectivity index (χ1) is 10.6. The van der Waals surface area contributed by atoms with Crippen LogP contribution in [0.2, 0.25) is 0 Å². The molecule has 1 spiro atoms. The van der Waals surface area contributed by atoms with Gasteiger partial charge in [0.1, 0.15) is 5.82 Å². The zero-order valence-corrected chi connectivity index (χ0v) is 13.5. The molecule has 2 fully saturated rings. The third kappa shape index (κ3) is 3.24. The molecular formula is C17H25N3O2. The molecule has 1 amide bonds. The molecule has 3 rings (SSSR count). The molecule has 1 aliphatic carbocycles. The maximum atomic E-state index is 12.3. The molecule has 1 N–H and O–H groups in total. The maximum Gasteiger partial charge on any atom is 0.253 e. The van der Waals surface area contributed by atoms with E-state index in [1.165, 1.54) is 19.3 Å². The second-order valence-corrected chi connectivity index (χ2v) is 6.73. The highest BCUT2D eigenvalue weighted by molar-refractivity contribution is 5.94. The number of amides is 1. The van der Waals surface area contributed by atoms with Crippen molar-refractivity contribution in [1.29, 1.82) is 0 Å². The number of hydrogen-bond donors (Lipinski definition) is 1. The van der Waals surface area contributed by atoms with Crippen molar-refractivity contribution >= 4 is 11.7 Å². The molecule has 1 saturated heterocycles. The lowest BCUT2D eigenvalue weighted by molar-refractivity contribution is -0.0246. The van der Waals surface area contributed by atoms with Gasteiger partial charge in [0.05, 0.1) is 23.8 Å². The number of nitrogens with one attached hydrogen (secondary N) is 1. The van der Waals surface area contributed by atoms with Gasteiger partial charge in [0.25, 0.3) is 5.91 Å². The minimum absolute atomic E-state index is 0.0310. The van der Waals surface area contributed by atoms with Gasteiger partial charge in [0, 0.05) is 20.3 Å². The van der Waals surface area contributed by atoms with Crippen molar-refractivity contribution in [3.05, 3.63) is 23.9 Å². The molecule has 1 aromatic heterocycles. The average molecular weight is 303 g/mol. The molecule has 2 heterocycles. The van der Waals surface area contributed by atoms with Gasteiger partial charge in [0.2, 0.25) is 0 Å². The Morgan fingerprint density at radius 3 is 2.73 bits per heavy atom. The fraction of sp³-hybridized carbons (Fsp3) is 0.647. The standard InChI is InChI=1S/C17H25N3O2/c1-20(2)15-7-6-13(11-18-15)16(21)19-14-10-17(22-12-14)8-4-3-5-9-17/h6-7,11,14H,3-5,8-10,12H2,1-2H3,(H,19,21)/t14-/m0/s1. The first-order valence-electron chi connectivity index (χ1n) is 8.16. The van der Waals surface area contributed by atoms with Crippen molar-refractivity contribution in [2.24, 2.45) is 0 Å². The van der Waals surface area contributed by atoms with Gasteiger partial charge in [0.15, 0.2) is 0 Å². The Bertz CT molecular complexity index is 521. The van der Waals surface area contributed by atoms with Crippen molar-refractivity contribution in [1.82, 2.24) is 10.3 Å². The molecule has 1 aliphatic heterocycles. The average Bonchev–Trinajstić information content (AvgIpc) is 2.90. The number of anilines is 1. The summed E-state index contributed by atoms with van der Waals surface area (Å²) in [6.45, 7) is 0.634. The number of nitrogens with zero attached hydrogens (tertiary/aromatic N) is 2. The van der Waals surface area contributed by atoms with E-state index < -0.39 is 0 Å². The molecule has 22 heavy (non-hydrogen) atoms. The zero-order valence-electron chi connectivity index (χ0n) is 13.5. The Morgan fingerprint density at radius 1 is 1.32 bits per heavy atom. The van der Waals surface area contributed by atoms with Crippen LogP contribution in [0.3, 0.4) is 0 Å². The lowest BCUT2D eigenvalue weighted by Crippen LogP contribution is -2.37. The number of carbonyl (C=O) groups excluding carboxylic acids is 1. The van der Waals surface area contributed by atoms with Crippen molar-refractivity contribution in [2.45, 2.75) is 50.2 Å². The Labute approximate surface area is 132 Å². The maximum absolute atomic E-state index is 12.3. The molecule has 5 heteroatoms. The number of ether oxygens (including phenoxy) is 1. The van der Waals surface area contributed by atoms with E-state index in [4.69, 9.17) is 4.74 Å². The number of hydrogen-bond acceptors (Lipinski definition) is 4. The monoisotopic (exact) mass is 303 g/mol. The molecule has 1 aromatic rings. The van der Waals surface area contributed by atoms with E-state index in [-0.39, 0.29) is 17.6 Å². The van der Waals surface area contributed by atoms with Crippen LogP contribution in [-0.2, 0) is 4.74 Å². The molecule has 5 nitrogen and oxygen atoms in total. The molecule has 1 atom stereocenters. The van der Waals surface area contributed by atoms with E-state index in [0.717, 1.165) is 25.1 Å². The van der Waals surface area contributed by atoms with Crippen LogP contribution in [0.15, 0.2) is 18.3 Å². The van der Waals surface area contributed by atoms with E-state index in [1.54, 1.807) is 6.20 Å². The van der Waals surface area contributed by atoms with Crippen molar-refractivity contribution in [3.8, 4) is 0 Å². The van der Waals surface area contributed by atoms with Gasteiger partial charge in [-0.1, -0.05) is 19.3 Å². The van der Waals surface area contributed by atoms with E-state index in [0.29, 0.717) is 12.2 Å². The van der Waals surface area contributed by atoms with E-state index in [1.807, 2.05) is 31.1 Å². The third-order valence-electron chi connectivity index (χ3n) is 4.78. The van der Waals surface area contributed by atoms with Gasteiger partial charge in [-0.05, 0) is 31.4 Å². The van der Waals surface area contributed by atoms with Gasteiger partial charge in [-0.25, -0.2) is 4.98 Å².